The summed E-state index contributed by atoms with van der Waals surface area (Å²) in [6.07, 6.45) is 1.49. The van der Waals surface area contributed by atoms with Gasteiger partial charge in [0, 0.05) is 34.9 Å². The Kier molecular flexibility index (Phi) is 6.79. The molecule has 0 aliphatic carbocycles. The number of benzene rings is 3. The van der Waals surface area contributed by atoms with Crippen LogP contribution < -0.4 is 19.5 Å². The zero-order valence-electron chi connectivity index (χ0n) is 18.9. The highest BCUT2D eigenvalue weighted by Crippen LogP contribution is 2.38. The van der Waals surface area contributed by atoms with Crippen molar-refractivity contribution in [2.75, 3.05) is 11.9 Å². The summed E-state index contributed by atoms with van der Waals surface area (Å²) in [7, 11) is 0. The van der Waals surface area contributed by atoms with Crippen molar-refractivity contribution >= 4 is 17.9 Å². The minimum atomic E-state index is -0.291. The second kappa shape index (κ2) is 10.1. The van der Waals surface area contributed by atoms with Crippen LogP contribution in [-0.2, 0) is 4.79 Å². The third kappa shape index (κ3) is 5.18. The first-order valence-corrected chi connectivity index (χ1v) is 11.0. The average molecular weight is 456 g/mol. The quantitative estimate of drug-likeness (QED) is 0.475. The highest BCUT2D eigenvalue weighted by molar-refractivity contribution is 6.04. The maximum atomic E-state index is 12.7. The van der Waals surface area contributed by atoms with Gasteiger partial charge in [-0.3, -0.25) is 4.79 Å². The summed E-state index contributed by atoms with van der Waals surface area (Å²) in [6.45, 7) is 4.30. The number of carbonyl (C=O) groups is 2. The Labute approximate surface area is 197 Å². The van der Waals surface area contributed by atoms with E-state index in [1.54, 1.807) is 48.5 Å². The number of anilines is 1. The molecule has 1 N–H and O–H groups in total. The molecule has 3 aromatic carbocycles. The van der Waals surface area contributed by atoms with Crippen molar-refractivity contribution in [2.24, 2.45) is 0 Å². The van der Waals surface area contributed by atoms with E-state index in [1.165, 1.54) is 0 Å². The largest absolute Gasteiger partial charge is 0.493 e. The fraction of sp³-hybridized carbons (Fsp3) is 0.222. The highest BCUT2D eigenvalue weighted by Gasteiger charge is 2.24. The molecule has 0 spiro atoms. The minimum Gasteiger partial charge on any atom is -0.493 e. The number of carbonyl (C=O) groups excluding carboxylic acids is 2. The summed E-state index contributed by atoms with van der Waals surface area (Å²) in [5.41, 5.74) is 2.08. The Hall–Kier alpha value is -4.31. The van der Waals surface area contributed by atoms with Gasteiger partial charge in [0.25, 0.3) is 5.91 Å². The predicted octanol–water partition coefficient (Wildman–Crippen LogP) is 5.46. The maximum absolute atomic E-state index is 12.7. The number of nitrogens with zero attached hydrogens (tertiary/aromatic N) is 1. The maximum Gasteiger partial charge on any atom is 0.255 e. The zero-order valence-corrected chi connectivity index (χ0v) is 18.9. The molecule has 7 nitrogen and oxygen atoms in total. The van der Waals surface area contributed by atoms with Gasteiger partial charge in [-0.05, 0) is 62.7 Å². The van der Waals surface area contributed by atoms with Crippen LogP contribution in [0.25, 0.3) is 0 Å². The Balaban J connectivity index is 1.48. The monoisotopic (exact) mass is 456 g/mol. The van der Waals surface area contributed by atoms with E-state index in [2.05, 4.69) is 11.4 Å². The van der Waals surface area contributed by atoms with Crippen LogP contribution in [0.3, 0.4) is 0 Å². The van der Waals surface area contributed by atoms with E-state index in [0.29, 0.717) is 58.4 Å². The smallest absolute Gasteiger partial charge is 0.255 e. The summed E-state index contributed by atoms with van der Waals surface area (Å²) < 4.78 is 17.2. The van der Waals surface area contributed by atoms with Gasteiger partial charge in [-0.1, -0.05) is 6.07 Å². The van der Waals surface area contributed by atoms with E-state index in [4.69, 9.17) is 14.2 Å². The summed E-state index contributed by atoms with van der Waals surface area (Å²) in [6, 6.07) is 19.2. The van der Waals surface area contributed by atoms with Crippen LogP contribution in [0.1, 0.15) is 47.7 Å². The minimum absolute atomic E-state index is 0.0353. The second-order valence-electron chi connectivity index (χ2n) is 8.15. The van der Waals surface area contributed by atoms with E-state index >= 15 is 0 Å². The van der Waals surface area contributed by atoms with Crippen LogP contribution in [0.15, 0.2) is 60.7 Å². The molecule has 0 saturated carbocycles. The van der Waals surface area contributed by atoms with Gasteiger partial charge in [0.1, 0.15) is 35.4 Å². The number of ether oxygens (including phenoxy) is 3. The number of nitrogens with one attached hydrogen (secondary N) is 1. The lowest BCUT2D eigenvalue weighted by molar-refractivity contribution is -0.109. The molecule has 1 aliphatic heterocycles. The zero-order chi connectivity index (χ0) is 24.1. The van der Waals surface area contributed by atoms with Gasteiger partial charge >= 0.3 is 0 Å². The molecular weight excluding hydrogens is 432 g/mol. The normalized spacial score (nSPS) is 14.4. The van der Waals surface area contributed by atoms with Crippen molar-refractivity contribution in [1.82, 2.24) is 0 Å². The number of hydrogen-bond donors (Lipinski definition) is 1. The first kappa shape index (κ1) is 22.9. The van der Waals surface area contributed by atoms with E-state index in [9.17, 15) is 14.9 Å². The molecule has 0 fully saturated rings. The summed E-state index contributed by atoms with van der Waals surface area (Å²) in [4.78, 5) is 24.0. The van der Waals surface area contributed by atoms with Crippen LogP contribution in [0.4, 0.5) is 5.69 Å². The number of amides is 1. The summed E-state index contributed by atoms with van der Waals surface area (Å²) >= 11 is 0. The first-order chi connectivity index (χ1) is 16.5. The Morgan fingerprint density at radius 1 is 1.15 bits per heavy atom. The van der Waals surface area contributed by atoms with Gasteiger partial charge in [-0.15, -0.1) is 0 Å². The van der Waals surface area contributed by atoms with E-state index in [1.807, 2.05) is 26.0 Å². The lowest BCUT2D eigenvalue weighted by Crippen LogP contribution is -2.15. The molecule has 34 heavy (non-hydrogen) atoms. The molecule has 1 heterocycles. The summed E-state index contributed by atoms with van der Waals surface area (Å²) in [5.74, 6) is 1.44. The highest BCUT2D eigenvalue weighted by atomic mass is 16.5. The molecule has 172 valence electrons. The number of fused-ring (bicyclic) bond motifs is 1. The molecule has 0 bridgehead atoms. The van der Waals surface area contributed by atoms with Gasteiger partial charge < -0.3 is 24.3 Å². The van der Waals surface area contributed by atoms with Crippen LogP contribution in [0.5, 0.6) is 23.0 Å². The fourth-order valence-corrected chi connectivity index (χ4v) is 3.68. The fourth-order valence-electron chi connectivity index (χ4n) is 3.68. The molecule has 1 unspecified atom stereocenters. The van der Waals surface area contributed by atoms with Crippen molar-refractivity contribution in [3.63, 3.8) is 0 Å². The lowest BCUT2D eigenvalue weighted by atomic mass is 9.93. The predicted molar refractivity (Wildman–Crippen MR) is 127 cm³/mol. The van der Waals surface area contributed by atoms with Crippen molar-refractivity contribution in [1.29, 1.82) is 5.26 Å². The Morgan fingerprint density at radius 2 is 1.94 bits per heavy atom. The molecule has 3 aromatic rings. The molecule has 1 amide bonds. The van der Waals surface area contributed by atoms with Crippen LogP contribution in [0.2, 0.25) is 0 Å². The number of rotatable bonds is 7. The van der Waals surface area contributed by atoms with Gasteiger partial charge in [0.15, 0.2) is 0 Å². The number of nitriles is 1. The summed E-state index contributed by atoms with van der Waals surface area (Å²) in [5, 5.41) is 12.4. The number of hydrogen-bond acceptors (Lipinski definition) is 6. The first-order valence-electron chi connectivity index (χ1n) is 11.0. The van der Waals surface area contributed by atoms with E-state index in [-0.39, 0.29) is 17.9 Å². The second-order valence-corrected chi connectivity index (χ2v) is 8.15. The third-order valence-corrected chi connectivity index (χ3v) is 5.29. The van der Waals surface area contributed by atoms with Crippen LogP contribution >= 0.6 is 0 Å². The van der Waals surface area contributed by atoms with Gasteiger partial charge in [0.05, 0.1) is 18.3 Å². The van der Waals surface area contributed by atoms with Crippen LogP contribution in [-0.4, -0.2) is 24.9 Å². The standard InChI is InChI=1S/C27H24N2O5/c1-17(2)33-23-5-3-4-21(13-23)29-27(31)18-6-8-22(9-7-18)34-25-14-26-24(12-20(25)15-28)19(16-30)10-11-32-26/h3-9,12-14,16-17,19H,10-11H2,1-2H3,(H,29,31). The van der Waals surface area contributed by atoms with Crippen molar-refractivity contribution < 1.29 is 23.8 Å². The topological polar surface area (TPSA) is 97.6 Å². The van der Waals surface area contributed by atoms with Crippen molar-refractivity contribution in [3.05, 3.63) is 77.4 Å². The molecule has 1 aliphatic rings. The molecule has 7 heteroatoms. The van der Waals surface area contributed by atoms with E-state index in [0.717, 1.165) is 6.29 Å². The lowest BCUT2D eigenvalue weighted by Gasteiger charge is -2.23. The van der Waals surface area contributed by atoms with Gasteiger partial charge in [0.2, 0.25) is 0 Å². The molecular formula is C27H24N2O5. The number of aldehydes is 1. The van der Waals surface area contributed by atoms with Gasteiger partial charge in [-0.25, -0.2) is 0 Å². The average Bonchev–Trinajstić information content (AvgIpc) is 2.83. The Bertz CT molecular complexity index is 1240. The third-order valence-electron chi connectivity index (χ3n) is 5.29. The molecule has 0 radical (unpaired) electrons. The van der Waals surface area contributed by atoms with Crippen molar-refractivity contribution in [2.45, 2.75) is 32.3 Å². The molecule has 1 atom stereocenters. The molecule has 0 saturated heterocycles. The van der Waals surface area contributed by atoms with Gasteiger partial charge in [-0.2, -0.15) is 5.26 Å². The van der Waals surface area contributed by atoms with Crippen molar-refractivity contribution in [3.8, 4) is 29.1 Å². The van der Waals surface area contributed by atoms with Crippen LogP contribution in [0, 0.1) is 11.3 Å². The van der Waals surface area contributed by atoms with E-state index < -0.39 is 0 Å². The Morgan fingerprint density at radius 3 is 2.65 bits per heavy atom. The molecule has 0 aromatic heterocycles. The SMILES string of the molecule is CC(C)Oc1cccc(NC(=O)c2ccc(Oc3cc4c(cc3C#N)C(C=O)CCO4)cc2)c1. The molecule has 4 rings (SSSR count).